The monoisotopic (exact) mass is 267 g/mol. The lowest BCUT2D eigenvalue weighted by atomic mass is 10.1. The topological polar surface area (TPSA) is 67.1 Å². The van der Waals surface area contributed by atoms with Crippen molar-refractivity contribution in [3.63, 3.8) is 0 Å². The van der Waals surface area contributed by atoms with Gasteiger partial charge in [0.15, 0.2) is 0 Å². The van der Waals surface area contributed by atoms with Crippen molar-refractivity contribution in [1.82, 2.24) is 15.3 Å². The van der Waals surface area contributed by atoms with E-state index in [1.165, 1.54) is 11.1 Å². The third-order valence-corrected chi connectivity index (χ3v) is 4.08. The highest BCUT2D eigenvalue weighted by atomic mass is 15.3. The summed E-state index contributed by atoms with van der Waals surface area (Å²) in [6.07, 6.45) is 0.918. The predicted molar refractivity (Wildman–Crippen MR) is 78.2 cm³/mol. The number of nitrogens with two attached hydrogens (primary N) is 1. The van der Waals surface area contributed by atoms with E-state index in [4.69, 9.17) is 10.7 Å². The van der Waals surface area contributed by atoms with Gasteiger partial charge in [-0.3, -0.25) is 0 Å². The summed E-state index contributed by atoms with van der Waals surface area (Å²) in [7, 11) is 0. The Balaban J connectivity index is 1.69. The van der Waals surface area contributed by atoms with Crippen LogP contribution in [0.15, 0.2) is 24.3 Å². The van der Waals surface area contributed by atoms with E-state index < -0.39 is 0 Å². The van der Waals surface area contributed by atoms with Crippen LogP contribution in [0.25, 0.3) is 0 Å². The number of nitrogen functional groups attached to an aromatic ring is 1. The number of anilines is 2. The van der Waals surface area contributed by atoms with Crippen LogP contribution in [0.5, 0.6) is 0 Å². The number of nitrogens with one attached hydrogen (secondary N) is 1. The summed E-state index contributed by atoms with van der Waals surface area (Å²) >= 11 is 0. The highest BCUT2D eigenvalue weighted by Crippen LogP contribution is 2.28. The van der Waals surface area contributed by atoms with Gasteiger partial charge in [0.1, 0.15) is 5.82 Å². The largest absolute Gasteiger partial charge is 0.383 e. The number of hydrogen-bond acceptors (Lipinski definition) is 5. The van der Waals surface area contributed by atoms with Gasteiger partial charge in [0.25, 0.3) is 0 Å². The molecule has 0 aliphatic carbocycles. The standard InChI is InChI=1S/C15H17N5/c16-14-12-5-6-17-7-13(12)18-15(19-14)20-8-10-3-1-2-4-11(10)9-20/h1-4,17H,5-9H2,(H2,16,18,19). The lowest BCUT2D eigenvalue weighted by Crippen LogP contribution is -2.28. The van der Waals surface area contributed by atoms with Crippen molar-refractivity contribution in [2.75, 3.05) is 17.2 Å². The van der Waals surface area contributed by atoms with Crippen molar-refractivity contribution in [3.8, 4) is 0 Å². The molecule has 2 aliphatic heterocycles. The molecule has 0 spiro atoms. The molecule has 20 heavy (non-hydrogen) atoms. The smallest absolute Gasteiger partial charge is 0.228 e. The fourth-order valence-electron chi connectivity index (χ4n) is 2.99. The van der Waals surface area contributed by atoms with Crippen LogP contribution in [-0.4, -0.2) is 16.5 Å². The van der Waals surface area contributed by atoms with Gasteiger partial charge in [-0.05, 0) is 24.1 Å². The maximum absolute atomic E-state index is 6.11. The van der Waals surface area contributed by atoms with Crippen LogP contribution >= 0.6 is 0 Å². The zero-order valence-corrected chi connectivity index (χ0v) is 11.3. The molecule has 1 aromatic carbocycles. The summed E-state index contributed by atoms with van der Waals surface area (Å²) in [5, 5.41) is 3.34. The van der Waals surface area contributed by atoms with Crippen molar-refractivity contribution in [2.45, 2.75) is 26.1 Å². The highest BCUT2D eigenvalue weighted by Gasteiger charge is 2.23. The Labute approximate surface area is 117 Å². The minimum absolute atomic E-state index is 0.641. The van der Waals surface area contributed by atoms with Gasteiger partial charge in [-0.1, -0.05) is 24.3 Å². The molecule has 0 unspecified atom stereocenters. The number of fused-ring (bicyclic) bond motifs is 2. The first kappa shape index (κ1) is 11.7. The molecule has 0 amide bonds. The summed E-state index contributed by atoms with van der Waals surface area (Å²) in [6, 6.07) is 8.49. The van der Waals surface area contributed by atoms with E-state index in [1.807, 2.05) is 0 Å². The van der Waals surface area contributed by atoms with Crippen LogP contribution in [0.1, 0.15) is 22.4 Å². The van der Waals surface area contributed by atoms with Gasteiger partial charge in [-0.2, -0.15) is 4.98 Å². The first-order valence-corrected chi connectivity index (χ1v) is 6.99. The van der Waals surface area contributed by atoms with Gasteiger partial charge < -0.3 is 16.0 Å². The van der Waals surface area contributed by atoms with Crippen LogP contribution < -0.4 is 16.0 Å². The van der Waals surface area contributed by atoms with Gasteiger partial charge in [0.2, 0.25) is 5.95 Å². The Kier molecular flexibility index (Phi) is 2.60. The van der Waals surface area contributed by atoms with Gasteiger partial charge in [0, 0.05) is 25.2 Å². The Morgan fingerprint density at radius 1 is 1.10 bits per heavy atom. The molecule has 2 aliphatic rings. The summed E-state index contributed by atoms with van der Waals surface area (Å²) in [6.45, 7) is 3.47. The number of nitrogens with zero attached hydrogens (tertiary/aromatic N) is 3. The molecule has 0 atom stereocenters. The molecule has 5 nitrogen and oxygen atoms in total. The molecule has 0 bridgehead atoms. The highest BCUT2D eigenvalue weighted by molar-refractivity contribution is 5.51. The number of benzene rings is 1. The van der Waals surface area contributed by atoms with Crippen molar-refractivity contribution in [3.05, 3.63) is 46.6 Å². The molecule has 3 heterocycles. The molecule has 0 saturated carbocycles. The van der Waals surface area contributed by atoms with Crippen molar-refractivity contribution in [2.24, 2.45) is 0 Å². The fraction of sp³-hybridized carbons (Fsp3) is 0.333. The Bertz CT molecular complexity index is 642. The van der Waals surface area contributed by atoms with Crippen molar-refractivity contribution < 1.29 is 0 Å². The van der Waals surface area contributed by atoms with Gasteiger partial charge >= 0.3 is 0 Å². The van der Waals surface area contributed by atoms with E-state index in [1.54, 1.807) is 0 Å². The molecule has 2 aromatic rings. The van der Waals surface area contributed by atoms with E-state index in [2.05, 4.69) is 39.5 Å². The van der Waals surface area contributed by atoms with E-state index in [0.717, 1.165) is 49.8 Å². The number of rotatable bonds is 1. The number of aromatic nitrogens is 2. The predicted octanol–water partition coefficient (Wildman–Crippen LogP) is 1.22. The maximum atomic E-state index is 6.11. The minimum Gasteiger partial charge on any atom is -0.383 e. The summed E-state index contributed by atoms with van der Waals surface area (Å²) in [5.41, 5.74) is 11.0. The summed E-state index contributed by atoms with van der Waals surface area (Å²) < 4.78 is 0. The van der Waals surface area contributed by atoms with Crippen LogP contribution in [-0.2, 0) is 26.1 Å². The summed E-state index contributed by atoms with van der Waals surface area (Å²) in [5.74, 6) is 1.39. The average Bonchev–Trinajstić information content (AvgIpc) is 2.91. The number of hydrogen-bond donors (Lipinski definition) is 2. The summed E-state index contributed by atoms with van der Waals surface area (Å²) in [4.78, 5) is 11.4. The second-order valence-corrected chi connectivity index (χ2v) is 5.39. The molecule has 0 saturated heterocycles. The van der Waals surface area contributed by atoms with Gasteiger partial charge in [0.05, 0.1) is 5.69 Å². The average molecular weight is 267 g/mol. The van der Waals surface area contributed by atoms with Crippen LogP contribution in [0, 0.1) is 0 Å². The molecular weight excluding hydrogens is 250 g/mol. The fourth-order valence-corrected chi connectivity index (χ4v) is 2.99. The van der Waals surface area contributed by atoms with Crippen molar-refractivity contribution >= 4 is 11.8 Å². The molecule has 3 N–H and O–H groups in total. The van der Waals surface area contributed by atoms with Gasteiger partial charge in [-0.25, -0.2) is 4.98 Å². The van der Waals surface area contributed by atoms with Crippen LogP contribution in [0.2, 0.25) is 0 Å². The van der Waals surface area contributed by atoms with E-state index in [9.17, 15) is 0 Å². The van der Waals surface area contributed by atoms with Crippen molar-refractivity contribution in [1.29, 1.82) is 0 Å². The molecular formula is C15H17N5. The van der Waals surface area contributed by atoms with Crippen LogP contribution in [0.4, 0.5) is 11.8 Å². The molecule has 4 rings (SSSR count). The zero-order chi connectivity index (χ0) is 13.5. The molecule has 102 valence electrons. The SMILES string of the molecule is Nc1nc(N2Cc3ccccc3C2)nc2c1CCNC2. The lowest BCUT2D eigenvalue weighted by Gasteiger charge is -2.22. The van der Waals surface area contributed by atoms with E-state index in [0.29, 0.717) is 5.82 Å². The maximum Gasteiger partial charge on any atom is 0.228 e. The first-order valence-electron chi connectivity index (χ1n) is 6.99. The first-order chi connectivity index (χ1) is 9.81. The van der Waals surface area contributed by atoms with Crippen LogP contribution in [0.3, 0.4) is 0 Å². The Morgan fingerprint density at radius 3 is 2.60 bits per heavy atom. The zero-order valence-electron chi connectivity index (χ0n) is 11.3. The second-order valence-electron chi connectivity index (χ2n) is 5.39. The third kappa shape index (κ3) is 1.82. The molecule has 0 fully saturated rings. The lowest BCUT2D eigenvalue weighted by molar-refractivity contribution is 0.622. The third-order valence-electron chi connectivity index (χ3n) is 4.08. The molecule has 5 heteroatoms. The van der Waals surface area contributed by atoms with Gasteiger partial charge in [-0.15, -0.1) is 0 Å². The molecule has 0 radical (unpaired) electrons. The normalized spacial score (nSPS) is 16.9. The quantitative estimate of drug-likeness (QED) is 0.813. The molecule has 1 aromatic heterocycles. The van der Waals surface area contributed by atoms with E-state index in [-0.39, 0.29) is 0 Å². The van der Waals surface area contributed by atoms with E-state index >= 15 is 0 Å². The Hall–Kier alpha value is -2.14. The second kappa shape index (κ2) is 4.45. The Morgan fingerprint density at radius 2 is 1.85 bits per heavy atom. The minimum atomic E-state index is 0.641.